The first kappa shape index (κ1) is 47.7. The van der Waals surface area contributed by atoms with Crippen LogP contribution in [-0.2, 0) is 47.4 Å². The van der Waals surface area contributed by atoms with Gasteiger partial charge in [-0.1, -0.05) is 13.8 Å². The average Bonchev–Trinajstić information content (AvgIpc) is 3.78. The lowest BCUT2D eigenvalue weighted by Gasteiger charge is -2.65. The molecule has 17 nitrogen and oxygen atoms in total. The highest BCUT2D eigenvalue weighted by atomic mass is 16.8. The van der Waals surface area contributed by atoms with Gasteiger partial charge in [-0.05, 0) is 114 Å². The van der Waals surface area contributed by atoms with Crippen LogP contribution in [0.15, 0.2) is 11.6 Å². The van der Waals surface area contributed by atoms with Crippen LogP contribution < -0.4 is 0 Å². The standard InChI is InChI=1S/C47H74O17/c1-21-41(54)31(48)16-38(57-21)62-43-23(3)59-40(18-33(43)50)64-44-24(4)60-39(19-34(44)51)63-42-22(2)58-37(17-32(42)49)61-27-9-11-45(5)26(14-27)7-8-29-30(45)15-35(52)46(6)28(10-12-47(29,46)55)25-13-36(53)56-20-25/h13,21-24,26-35,37-44,48-52,54-55H,7-12,14-20H2,1-6H3/t21-,22+,23+,24+,26+,27-,28+,29+,30-,31+,32+,33+,34+,35+,37-,38+,39-,40-,41+,42-,43-,44-,45-,46-,47-/m0/s1. The highest BCUT2D eigenvalue weighted by Gasteiger charge is 2.71. The van der Waals surface area contributed by atoms with Gasteiger partial charge in [0, 0.05) is 37.2 Å². The third-order valence-electron chi connectivity index (χ3n) is 17.9. The second-order valence-corrected chi connectivity index (χ2v) is 21.5. The van der Waals surface area contributed by atoms with Gasteiger partial charge in [-0.15, -0.1) is 0 Å². The molecule has 4 saturated heterocycles. The van der Waals surface area contributed by atoms with Gasteiger partial charge in [0.25, 0.3) is 0 Å². The molecule has 5 aliphatic heterocycles. The van der Waals surface area contributed by atoms with Gasteiger partial charge >= 0.3 is 5.97 Å². The lowest BCUT2D eigenvalue weighted by molar-refractivity contribution is -0.344. The fourth-order valence-corrected chi connectivity index (χ4v) is 14.2. The molecule has 0 aromatic carbocycles. The minimum absolute atomic E-state index is 0.0536. The molecule has 0 aromatic rings. The van der Waals surface area contributed by atoms with Crippen LogP contribution >= 0.6 is 0 Å². The number of fused-ring (bicyclic) bond motifs is 5. The van der Waals surface area contributed by atoms with E-state index in [9.17, 15) is 40.5 Å². The van der Waals surface area contributed by atoms with E-state index < -0.39 is 116 Å². The third-order valence-corrected chi connectivity index (χ3v) is 17.9. The highest BCUT2D eigenvalue weighted by molar-refractivity contribution is 5.85. The first-order valence-corrected chi connectivity index (χ1v) is 24.2. The number of esters is 1. The second kappa shape index (κ2) is 18.2. The van der Waals surface area contributed by atoms with Crippen molar-refractivity contribution in [1.29, 1.82) is 0 Å². The molecule has 7 N–H and O–H groups in total. The lowest BCUT2D eigenvalue weighted by atomic mass is 9.42. The topological polar surface area (TPSA) is 242 Å². The molecule has 5 heterocycles. The van der Waals surface area contributed by atoms with Crippen LogP contribution in [0.5, 0.6) is 0 Å². The summed E-state index contributed by atoms with van der Waals surface area (Å²) in [6, 6.07) is 0. The fraction of sp³-hybridized carbons (Fsp3) is 0.936. The summed E-state index contributed by atoms with van der Waals surface area (Å²) in [4.78, 5) is 12.0. The molecular formula is C47H74O17. The average molecular weight is 911 g/mol. The third kappa shape index (κ3) is 8.45. The monoisotopic (exact) mass is 910 g/mol. The number of cyclic esters (lactones) is 1. The Balaban J connectivity index is 0.738. The Morgan fingerprint density at radius 3 is 1.61 bits per heavy atom. The Labute approximate surface area is 376 Å². The summed E-state index contributed by atoms with van der Waals surface area (Å²) < 4.78 is 54.5. The number of carbonyl (C=O) groups excluding carboxylic acids is 1. The van der Waals surface area contributed by atoms with Crippen molar-refractivity contribution in [3.63, 3.8) is 0 Å². The van der Waals surface area contributed by atoms with E-state index in [1.165, 1.54) is 0 Å². The van der Waals surface area contributed by atoms with Gasteiger partial charge in [0.1, 0.15) is 31.0 Å². The molecule has 25 atom stereocenters. The van der Waals surface area contributed by atoms with Crippen LogP contribution in [0.4, 0.5) is 0 Å². The van der Waals surface area contributed by atoms with E-state index in [0.717, 1.165) is 44.1 Å². The summed E-state index contributed by atoms with van der Waals surface area (Å²) in [6.07, 6.45) is -5.28. The Morgan fingerprint density at radius 2 is 1.11 bits per heavy atom. The number of carbonyl (C=O) groups is 1. The van der Waals surface area contributed by atoms with Gasteiger partial charge in [-0.2, -0.15) is 0 Å². The first-order valence-electron chi connectivity index (χ1n) is 24.2. The van der Waals surface area contributed by atoms with Gasteiger partial charge in [0.15, 0.2) is 25.2 Å². The van der Waals surface area contributed by atoms with E-state index in [4.69, 9.17) is 42.6 Å². The molecule has 0 radical (unpaired) electrons. The SMILES string of the molecule is C[C@@H]1O[C@H](O[C@@H]2[C@H](O)C[C@H](O[C@@H]3[C@H](O)C[C@H](O[C@@H]4[C@H](O)C[C@H](O[C@H]5CC[C@@]6(C)[C@H](CC[C@@H]7[C@@H]6C[C@@H](O)[C@]6(C)[C@@H](C8=CC(=O)OC8)CC[C@]76O)C5)O[C@@H]4C)O[C@@H]3C)O[C@@H]2C)C[C@@H](O)[C@@H]1O. The summed E-state index contributed by atoms with van der Waals surface area (Å²) in [5.74, 6) is 0.144. The van der Waals surface area contributed by atoms with E-state index in [2.05, 4.69) is 6.92 Å². The van der Waals surface area contributed by atoms with Crippen LogP contribution in [0.2, 0.25) is 0 Å². The second-order valence-electron chi connectivity index (χ2n) is 21.5. The maximum atomic E-state index is 12.6. The van der Waals surface area contributed by atoms with E-state index in [-0.39, 0.29) is 67.5 Å². The zero-order valence-corrected chi connectivity index (χ0v) is 38.2. The predicted molar refractivity (Wildman–Crippen MR) is 222 cm³/mol. The van der Waals surface area contributed by atoms with Gasteiger partial charge in [-0.25, -0.2) is 4.79 Å². The molecule has 64 heavy (non-hydrogen) atoms. The lowest BCUT2D eigenvalue weighted by Crippen LogP contribution is -2.67. The molecule has 0 bridgehead atoms. The molecule has 4 saturated carbocycles. The van der Waals surface area contributed by atoms with Gasteiger partial charge in [-0.3, -0.25) is 0 Å². The molecular weight excluding hydrogens is 837 g/mol. The summed E-state index contributed by atoms with van der Waals surface area (Å²) in [7, 11) is 0. The van der Waals surface area contributed by atoms with Gasteiger partial charge in [0.2, 0.25) is 0 Å². The summed E-state index contributed by atoms with van der Waals surface area (Å²) in [6.45, 7) is 11.6. The Hall–Kier alpha value is -1.39. The van der Waals surface area contributed by atoms with Gasteiger partial charge in [0.05, 0.1) is 66.6 Å². The molecule has 17 heteroatoms. The number of ether oxygens (including phenoxy) is 9. The number of aliphatic hydroxyl groups is 7. The fourth-order valence-electron chi connectivity index (χ4n) is 14.2. The van der Waals surface area contributed by atoms with Gasteiger partial charge < -0.3 is 78.4 Å². The number of hydrogen-bond donors (Lipinski definition) is 7. The van der Waals surface area contributed by atoms with Crippen LogP contribution in [0.25, 0.3) is 0 Å². The van der Waals surface area contributed by atoms with Crippen LogP contribution in [0.3, 0.4) is 0 Å². The first-order chi connectivity index (χ1) is 30.3. The summed E-state index contributed by atoms with van der Waals surface area (Å²) in [5.41, 5.74) is -0.941. The van der Waals surface area contributed by atoms with Crippen molar-refractivity contribution < 1.29 is 83.2 Å². The van der Waals surface area contributed by atoms with Crippen LogP contribution in [-0.4, -0.2) is 165 Å². The van der Waals surface area contributed by atoms with Crippen molar-refractivity contribution in [1.82, 2.24) is 0 Å². The molecule has 4 aliphatic carbocycles. The quantitative estimate of drug-likeness (QED) is 0.129. The van der Waals surface area contributed by atoms with Crippen LogP contribution in [0, 0.1) is 34.5 Å². The molecule has 0 aromatic heterocycles. The Kier molecular flexibility index (Phi) is 13.5. The number of rotatable bonds is 9. The normalized spacial score (nSPS) is 55.5. The minimum atomic E-state index is -1.03. The minimum Gasteiger partial charge on any atom is -0.458 e. The zero-order valence-electron chi connectivity index (χ0n) is 38.2. The Bertz CT molecular complexity index is 1650. The van der Waals surface area contributed by atoms with E-state index in [0.29, 0.717) is 18.8 Å². The number of aliphatic hydroxyl groups excluding tert-OH is 6. The zero-order chi connectivity index (χ0) is 45.6. The maximum Gasteiger partial charge on any atom is 0.331 e. The number of hydrogen-bond acceptors (Lipinski definition) is 17. The maximum absolute atomic E-state index is 12.6. The van der Waals surface area contributed by atoms with E-state index >= 15 is 0 Å². The summed E-state index contributed by atoms with van der Waals surface area (Å²) in [5, 5.41) is 78.4. The van der Waals surface area contributed by atoms with Crippen molar-refractivity contribution in [3.8, 4) is 0 Å². The van der Waals surface area contributed by atoms with Crippen molar-refractivity contribution in [2.45, 2.75) is 235 Å². The predicted octanol–water partition coefficient (Wildman–Crippen LogP) is 2.10. The molecule has 8 fully saturated rings. The smallest absolute Gasteiger partial charge is 0.331 e. The molecule has 0 unspecified atom stereocenters. The summed E-state index contributed by atoms with van der Waals surface area (Å²) >= 11 is 0. The molecule has 0 spiro atoms. The van der Waals surface area contributed by atoms with Crippen LogP contribution in [0.1, 0.15) is 119 Å². The van der Waals surface area contributed by atoms with Crippen molar-refractivity contribution in [2.24, 2.45) is 34.5 Å². The Morgan fingerprint density at radius 1 is 0.594 bits per heavy atom. The largest absolute Gasteiger partial charge is 0.458 e. The molecule has 9 aliphatic rings. The van der Waals surface area contributed by atoms with Crippen molar-refractivity contribution in [2.75, 3.05) is 6.61 Å². The molecule has 9 rings (SSSR count). The molecule has 364 valence electrons. The van der Waals surface area contributed by atoms with E-state index in [1.807, 2.05) is 13.8 Å². The highest BCUT2D eigenvalue weighted by Crippen LogP contribution is 2.70. The molecule has 0 amide bonds. The van der Waals surface area contributed by atoms with Crippen molar-refractivity contribution in [3.05, 3.63) is 11.6 Å². The van der Waals surface area contributed by atoms with Crippen molar-refractivity contribution >= 4 is 5.97 Å². The van der Waals surface area contributed by atoms with E-state index in [1.54, 1.807) is 26.8 Å².